The lowest BCUT2D eigenvalue weighted by Gasteiger charge is -2.32. The van der Waals surface area contributed by atoms with Crippen molar-refractivity contribution in [1.82, 2.24) is 9.62 Å². The summed E-state index contributed by atoms with van der Waals surface area (Å²) in [6, 6.07) is 8.75. The van der Waals surface area contributed by atoms with E-state index in [1.54, 1.807) is 40.6 Å². The molecular weight excluding hydrogens is 562 g/mol. The van der Waals surface area contributed by atoms with Crippen molar-refractivity contribution in [1.29, 1.82) is 0 Å². The predicted molar refractivity (Wildman–Crippen MR) is 160 cm³/mol. The standard InChI is InChI=1S/C25H29Cl2FN2O2S.2C2H6O/c1-2-33-29-25(31)22-12-21(18-3-4-18)24(13-23(22)28)32-15-16-5-7-30(8-6-16)14-17-9-19(26)11-20(27)10-17;2*1-3-2/h9-13,16,18H,2-8,14-15H2,1H3,(H,29,31);2*1-2H3. The third-order valence-electron chi connectivity index (χ3n) is 6.18. The minimum atomic E-state index is -0.529. The summed E-state index contributed by atoms with van der Waals surface area (Å²) in [7, 11) is 6.50. The summed E-state index contributed by atoms with van der Waals surface area (Å²) in [6.45, 7) is 5.26. The van der Waals surface area contributed by atoms with Crippen LogP contribution >= 0.6 is 35.1 Å². The molecule has 1 N–H and O–H groups in total. The Labute approximate surface area is 247 Å². The van der Waals surface area contributed by atoms with E-state index in [0.29, 0.717) is 34.2 Å². The number of carbonyl (C=O) groups is 1. The van der Waals surface area contributed by atoms with Crippen LogP contribution in [0.15, 0.2) is 30.3 Å². The molecule has 0 radical (unpaired) electrons. The summed E-state index contributed by atoms with van der Waals surface area (Å²) < 4.78 is 32.0. The second kappa shape index (κ2) is 18.0. The number of rotatable bonds is 9. The Morgan fingerprint density at radius 3 is 2.13 bits per heavy atom. The highest BCUT2D eigenvalue weighted by Crippen LogP contribution is 2.45. The van der Waals surface area contributed by atoms with Crippen LogP contribution < -0.4 is 9.46 Å². The van der Waals surface area contributed by atoms with Crippen LogP contribution in [-0.4, -0.2) is 64.7 Å². The summed E-state index contributed by atoms with van der Waals surface area (Å²) in [5, 5.41) is 1.32. The third kappa shape index (κ3) is 11.8. The number of hydrogen-bond donors (Lipinski definition) is 1. The van der Waals surface area contributed by atoms with Crippen molar-refractivity contribution in [2.24, 2.45) is 5.92 Å². The van der Waals surface area contributed by atoms with Crippen molar-refractivity contribution in [3.63, 3.8) is 0 Å². The molecule has 2 aromatic carbocycles. The van der Waals surface area contributed by atoms with Gasteiger partial charge in [-0.05, 0) is 86.0 Å². The zero-order chi connectivity index (χ0) is 28.8. The number of piperidine rings is 1. The molecule has 218 valence electrons. The van der Waals surface area contributed by atoms with Crippen molar-refractivity contribution < 1.29 is 23.4 Å². The van der Waals surface area contributed by atoms with E-state index in [-0.39, 0.29) is 11.5 Å². The van der Waals surface area contributed by atoms with Crippen molar-refractivity contribution in [2.75, 3.05) is 53.9 Å². The minimum Gasteiger partial charge on any atom is -0.493 e. The smallest absolute Gasteiger partial charge is 0.264 e. The van der Waals surface area contributed by atoms with E-state index in [1.807, 2.05) is 19.1 Å². The van der Waals surface area contributed by atoms with Gasteiger partial charge in [-0.15, -0.1) is 0 Å². The molecule has 6 nitrogen and oxygen atoms in total. The van der Waals surface area contributed by atoms with Gasteiger partial charge < -0.3 is 14.2 Å². The van der Waals surface area contributed by atoms with E-state index in [9.17, 15) is 9.18 Å². The molecule has 1 aliphatic carbocycles. The Morgan fingerprint density at radius 1 is 1.00 bits per heavy atom. The van der Waals surface area contributed by atoms with Gasteiger partial charge in [0.1, 0.15) is 11.6 Å². The molecule has 1 saturated carbocycles. The summed E-state index contributed by atoms with van der Waals surface area (Å²) in [5.41, 5.74) is 2.17. The van der Waals surface area contributed by atoms with Gasteiger partial charge >= 0.3 is 0 Å². The Kier molecular flexibility index (Phi) is 15.5. The first-order valence-electron chi connectivity index (χ1n) is 13.1. The topological polar surface area (TPSA) is 60.0 Å². The molecule has 1 amide bonds. The van der Waals surface area contributed by atoms with Gasteiger partial charge in [-0.1, -0.05) is 42.1 Å². The zero-order valence-electron chi connectivity index (χ0n) is 23.5. The van der Waals surface area contributed by atoms with Crippen LogP contribution in [0.3, 0.4) is 0 Å². The van der Waals surface area contributed by atoms with Crippen LogP contribution in [0.25, 0.3) is 0 Å². The minimum absolute atomic E-state index is 0.0969. The molecule has 2 aliphatic rings. The number of carbonyl (C=O) groups excluding carboxylic acids is 1. The molecular formula is C29H41Cl2FN2O4S. The summed E-state index contributed by atoms with van der Waals surface area (Å²) in [6.07, 6.45) is 4.14. The molecule has 0 aromatic heterocycles. The lowest BCUT2D eigenvalue weighted by Crippen LogP contribution is -2.35. The van der Waals surface area contributed by atoms with Gasteiger partial charge in [0.25, 0.3) is 5.91 Å². The largest absolute Gasteiger partial charge is 0.493 e. The Balaban J connectivity index is 0.000000815. The Bertz CT molecular complexity index is 1010. The highest BCUT2D eigenvalue weighted by molar-refractivity contribution is 7.97. The fourth-order valence-corrected chi connectivity index (χ4v) is 5.21. The monoisotopic (exact) mass is 602 g/mol. The van der Waals surface area contributed by atoms with Gasteiger partial charge in [0.15, 0.2) is 0 Å². The molecule has 1 heterocycles. The van der Waals surface area contributed by atoms with Crippen molar-refractivity contribution in [3.8, 4) is 5.75 Å². The highest BCUT2D eigenvalue weighted by atomic mass is 35.5. The number of hydrogen-bond acceptors (Lipinski definition) is 6. The SMILES string of the molecule is CCSNC(=O)c1cc(C2CC2)c(OCC2CCN(Cc3cc(Cl)cc(Cl)c3)CC2)cc1F.COC.COC. The van der Waals surface area contributed by atoms with Crippen molar-refractivity contribution in [2.45, 2.75) is 45.1 Å². The van der Waals surface area contributed by atoms with Crippen LogP contribution in [0.5, 0.6) is 5.75 Å². The van der Waals surface area contributed by atoms with Crippen molar-refractivity contribution >= 4 is 41.1 Å². The maximum Gasteiger partial charge on any atom is 0.264 e. The van der Waals surface area contributed by atoms with E-state index in [4.69, 9.17) is 27.9 Å². The van der Waals surface area contributed by atoms with Gasteiger partial charge in [0.2, 0.25) is 0 Å². The normalized spacial score (nSPS) is 15.5. The predicted octanol–water partition coefficient (Wildman–Crippen LogP) is 7.22. The number of halogens is 3. The third-order valence-corrected chi connectivity index (χ3v) is 7.24. The molecule has 0 spiro atoms. The van der Waals surface area contributed by atoms with E-state index < -0.39 is 5.82 Å². The highest BCUT2D eigenvalue weighted by Gasteiger charge is 2.30. The summed E-state index contributed by atoms with van der Waals surface area (Å²) >= 11 is 13.5. The van der Waals surface area contributed by atoms with Gasteiger partial charge in [-0.2, -0.15) is 0 Å². The number of benzene rings is 2. The molecule has 1 aliphatic heterocycles. The van der Waals surface area contributed by atoms with Gasteiger partial charge in [-0.3, -0.25) is 14.4 Å². The molecule has 0 bridgehead atoms. The molecule has 2 fully saturated rings. The number of likely N-dealkylation sites (tertiary alicyclic amines) is 1. The second-order valence-corrected chi connectivity index (χ2v) is 11.6. The van der Waals surface area contributed by atoms with Crippen LogP contribution in [0.1, 0.15) is 60.0 Å². The molecule has 10 heteroatoms. The van der Waals surface area contributed by atoms with Gasteiger partial charge in [-0.25, -0.2) is 4.39 Å². The second-order valence-electron chi connectivity index (χ2n) is 9.63. The molecule has 1 saturated heterocycles. The number of ether oxygens (including phenoxy) is 3. The van der Waals surface area contributed by atoms with Crippen LogP contribution in [0.4, 0.5) is 4.39 Å². The average Bonchev–Trinajstić information content (AvgIpc) is 3.73. The van der Waals surface area contributed by atoms with Gasteiger partial charge in [0.05, 0.1) is 12.2 Å². The number of methoxy groups -OCH3 is 2. The molecule has 0 atom stereocenters. The van der Waals surface area contributed by atoms with Gasteiger partial charge in [0, 0.05) is 56.8 Å². The summed E-state index contributed by atoms with van der Waals surface area (Å²) in [5.74, 6) is 1.18. The van der Waals surface area contributed by atoms with Crippen LogP contribution in [-0.2, 0) is 16.0 Å². The quantitative estimate of drug-likeness (QED) is 0.306. The zero-order valence-corrected chi connectivity index (χ0v) is 25.9. The fourth-order valence-electron chi connectivity index (χ4n) is 4.26. The van der Waals surface area contributed by atoms with E-state index in [1.165, 1.54) is 18.0 Å². The van der Waals surface area contributed by atoms with E-state index in [0.717, 1.165) is 62.2 Å². The average molecular weight is 604 g/mol. The number of amides is 1. The first kappa shape index (κ1) is 33.7. The first-order valence-corrected chi connectivity index (χ1v) is 14.9. The molecule has 4 rings (SSSR count). The number of nitrogens with one attached hydrogen (secondary N) is 1. The van der Waals surface area contributed by atoms with Crippen molar-refractivity contribution in [3.05, 3.63) is 62.9 Å². The maximum absolute atomic E-state index is 14.7. The molecule has 0 unspecified atom stereocenters. The fraction of sp³-hybridized carbons (Fsp3) is 0.552. The lowest BCUT2D eigenvalue weighted by atomic mass is 9.97. The molecule has 2 aromatic rings. The summed E-state index contributed by atoms with van der Waals surface area (Å²) in [4.78, 5) is 14.7. The lowest BCUT2D eigenvalue weighted by molar-refractivity contribution is 0.0980. The maximum atomic E-state index is 14.7. The van der Waals surface area contributed by atoms with E-state index >= 15 is 0 Å². The Hall–Kier alpha value is -1.55. The van der Waals surface area contributed by atoms with Crippen LogP contribution in [0.2, 0.25) is 10.0 Å². The van der Waals surface area contributed by atoms with Crippen LogP contribution in [0, 0.1) is 11.7 Å². The first-order chi connectivity index (χ1) is 18.8. The Morgan fingerprint density at radius 2 is 1.59 bits per heavy atom. The van der Waals surface area contributed by atoms with E-state index in [2.05, 4.69) is 19.1 Å². The molecule has 39 heavy (non-hydrogen) atoms. The number of nitrogens with zero attached hydrogens (tertiary/aromatic N) is 1.